The fourth-order valence-electron chi connectivity index (χ4n) is 2.99. The van der Waals surface area contributed by atoms with E-state index in [1.165, 1.54) is 0 Å². The minimum absolute atomic E-state index is 0.397. The Balaban J connectivity index is 1.62. The van der Waals surface area contributed by atoms with Gasteiger partial charge in [0.25, 0.3) is 0 Å². The van der Waals surface area contributed by atoms with Crippen molar-refractivity contribution in [3.8, 4) is 6.07 Å². The van der Waals surface area contributed by atoms with Gasteiger partial charge >= 0.3 is 0 Å². The third-order valence-electron chi connectivity index (χ3n) is 4.22. The van der Waals surface area contributed by atoms with E-state index in [0.717, 1.165) is 38.2 Å². The summed E-state index contributed by atoms with van der Waals surface area (Å²) < 4.78 is 1.70. The second kappa shape index (κ2) is 8.14. The first-order chi connectivity index (χ1) is 12.2. The Bertz CT molecular complexity index is 753. The summed E-state index contributed by atoms with van der Waals surface area (Å²) in [5, 5.41) is 19.8. The van der Waals surface area contributed by atoms with E-state index in [1.54, 1.807) is 17.1 Å². The summed E-state index contributed by atoms with van der Waals surface area (Å²) in [5.41, 5.74) is 0.814. The maximum absolute atomic E-state index is 8.77. The van der Waals surface area contributed by atoms with Crippen molar-refractivity contribution >= 4 is 29.1 Å². The molecular weight excluding hydrogens is 340 g/mol. The number of halogens is 1. The van der Waals surface area contributed by atoms with Crippen LogP contribution < -0.4 is 10.6 Å². The molecule has 0 saturated carbocycles. The SMILES string of the molecule is Cn1cc(Nc2ncc(Cl)c(NC[C@H]3CCCN3CCC#N)n2)cn1. The van der Waals surface area contributed by atoms with Crippen LogP contribution in [0, 0.1) is 11.3 Å². The van der Waals surface area contributed by atoms with Crippen molar-refractivity contribution in [3.05, 3.63) is 23.6 Å². The van der Waals surface area contributed by atoms with E-state index >= 15 is 0 Å². The number of nitrogens with zero attached hydrogens (tertiary/aromatic N) is 6. The van der Waals surface area contributed by atoms with Crippen LogP contribution in [0.3, 0.4) is 0 Å². The van der Waals surface area contributed by atoms with Gasteiger partial charge < -0.3 is 10.6 Å². The fourth-order valence-corrected chi connectivity index (χ4v) is 3.15. The van der Waals surface area contributed by atoms with Crippen molar-refractivity contribution in [2.45, 2.75) is 25.3 Å². The van der Waals surface area contributed by atoms with Crippen LogP contribution in [0.2, 0.25) is 5.02 Å². The van der Waals surface area contributed by atoms with E-state index in [4.69, 9.17) is 16.9 Å². The molecule has 2 aromatic heterocycles. The molecule has 1 aliphatic rings. The van der Waals surface area contributed by atoms with Crippen LogP contribution in [0.5, 0.6) is 0 Å². The van der Waals surface area contributed by atoms with Crippen molar-refractivity contribution in [1.82, 2.24) is 24.6 Å². The van der Waals surface area contributed by atoms with E-state index in [-0.39, 0.29) is 0 Å². The average Bonchev–Trinajstić information content (AvgIpc) is 3.22. The number of likely N-dealkylation sites (tertiary alicyclic amines) is 1. The first kappa shape index (κ1) is 17.5. The van der Waals surface area contributed by atoms with E-state index in [9.17, 15) is 0 Å². The average molecular weight is 361 g/mol. The minimum Gasteiger partial charge on any atom is -0.367 e. The lowest BCUT2D eigenvalue weighted by Gasteiger charge is -2.24. The molecule has 3 heterocycles. The summed E-state index contributed by atoms with van der Waals surface area (Å²) >= 11 is 6.22. The smallest absolute Gasteiger partial charge is 0.229 e. The fraction of sp³-hybridized carbons (Fsp3) is 0.500. The molecule has 25 heavy (non-hydrogen) atoms. The lowest BCUT2D eigenvalue weighted by molar-refractivity contribution is 0.268. The number of nitrogens with one attached hydrogen (secondary N) is 2. The molecule has 0 unspecified atom stereocenters. The maximum Gasteiger partial charge on any atom is 0.229 e. The van der Waals surface area contributed by atoms with Crippen LogP contribution in [0.25, 0.3) is 0 Å². The van der Waals surface area contributed by atoms with Crippen LogP contribution in [0.4, 0.5) is 17.5 Å². The molecule has 0 amide bonds. The molecular formula is C16H21ClN8. The molecule has 0 spiro atoms. The van der Waals surface area contributed by atoms with Gasteiger partial charge in [0.2, 0.25) is 5.95 Å². The largest absolute Gasteiger partial charge is 0.367 e. The van der Waals surface area contributed by atoms with Gasteiger partial charge in [-0.1, -0.05) is 11.6 Å². The number of hydrogen-bond acceptors (Lipinski definition) is 7. The number of rotatable bonds is 7. The highest BCUT2D eigenvalue weighted by Gasteiger charge is 2.24. The molecule has 0 aromatic carbocycles. The summed E-state index contributed by atoms with van der Waals surface area (Å²) in [5.74, 6) is 1.07. The molecule has 1 aliphatic heterocycles. The number of anilines is 3. The zero-order valence-corrected chi connectivity index (χ0v) is 14.9. The predicted molar refractivity (Wildman–Crippen MR) is 96.8 cm³/mol. The van der Waals surface area contributed by atoms with Crippen LogP contribution in [-0.2, 0) is 7.05 Å². The standard InChI is InChI=1S/C16H21ClN8/c1-24-11-12(8-21-24)22-16-20-10-14(17)15(23-16)19-9-13-4-2-6-25(13)7-3-5-18/h8,10-11,13H,2-4,6-7,9H2,1H3,(H2,19,20,22,23)/t13-/m1/s1. The molecule has 2 aromatic rings. The Hall–Kier alpha value is -2.37. The number of nitriles is 1. The first-order valence-corrected chi connectivity index (χ1v) is 8.66. The van der Waals surface area contributed by atoms with Crippen molar-refractivity contribution in [3.63, 3.8) is 0 Å². The Morgan fingerprint density at radius 3 is 3.08 bits per heavy atom. The van der Waals surface area contributed by atoms with Gasteiger partial charge in [-0.05, 0) is 19.4 Å². The van der Waals surface area contributed by atoms with Crippen LogP contribution in [0.15, 0.2) is 18.6 Å². The highest BCUT2D eigenvalue weighted by molar-refractivity contribution is 6.32. The Kier molecular flexibility index (Phi) is 5.68. The Labute approximate surface area is 151 Å². The van der Waals surface area contributed by atoms with E-state index < -0.39 is 0 Å². The zero-order chi connectivity index (χ0) is 17.6. The molecule has 1 atom stereocenters. The van der Waals surface area contributed by atoms with Gasteiger partial charge in [-0.3, -0.25) is 9.58 Å². The van der Waals surface area contributed by atoms with E-state index in [2.05, 4.69) is 36.7 Å². The summed E-state index contributed by atoms with van der Waals surface area (Å²) in [4.78, 5) is 11.0. The zero-order valence-electron chi connectivity index (χ0n) is 14.1. The van der Waals surface area contributed by atoms with Gasteiger partial charge in [0.05, 0.1) is 24.2 Å². The van der Waals surface area contributed by atoms with E-state index in [1.807, 2.05) is 13.2 Å². The van der Waals surface area contributed by atoms with Crippen LogP contribution >= 0.6 is 11.6 Å². The van der Waals surface area contributed by atoms with Gasteiger partial charge in [-0.15, -0.1) is 0 Å². The van der Waals surface area contributed by atoms with Crippen molar-refractivity contribution < 1.29 is 0 Å². The second-order valence-corrected chi connectivity index (χ2v) is 6.45. The summed E-state index contributed by atoms with van der Waals surface area (Å²) in [6, 6.07) is 2.61. The van der Waals surface area contributed by atoms with Crippen LogP contribution in [-0.4, -0.2) is 50.3 Å². The second-order valence-electron chi connectivity index (χ2n) is 6.04. The van der Waals surface area contributed by atoms with Crippen LogP contribution in [0.1, 0.15) is 19.3 Å². The lowest BCUT2D eigenvalue weighted by atomic mass is 10.2. The van der Waals surface area contributed by atoms with Crippen molar-refractivity contribution in [1.29, 1.82) is 5.26 Å². The molecule has 8 nitrogen and oxygen atoms in total. The molecule has 1 saturated heterocycles. The Morgan fingerprint density at radius 1 is 1.44 bits per heavy atom. The first-order valence-electron chi connectivity index (χ1n) is 8.29. The van der Waals surface area contributed by atoms with Gasteiger partial charge in [0.1, 0.15) is 5.02 Å². The molecule has 0 aliphatic carbocycles. The summed E-state index contributed by atoms with van der Waals surface area (Å²) in [7, 11) is 1.85. The molecule has 2 N–H and O–H groups in total. The minimum atomic E-state index is 0.397. The van der Waals surface area contributed by atoms with Gasteiger partial charge in [-0.2, -0.15) is 15.3 Å². The molecule has 3 rings (SSSR count). The third kappa shape index (κ3) is 4.59. The normalized spacial score (nSPS) is 17.4. The highest BCUT2D eigenvalue weighted by atomic mass is 35.5. The van der Waals surface area contributed by atoms with Crippen molar-refractivity contribution in [2.24, 2.45) is 7.05 Å². The monoisotopic (exact) mass is 360 g/mol. The maximum atomic E-state index is 8.77. The number of hydrogen-bond donors (Lipinski definition) is 2. The predicted octanol–water partition coefficient (Wildman–Crippen LogP) is 2.40. The molecule has 1 fully saturated rings. The van der Waals surface area contributed by atoms with Gasteiger partial charge in [0.15, 0.2) is 5.82 Å². The molecule has 132 valence electrons. The quantitative estimate of drug-likeness (QED) is 0.782. The lowest BCUT2D eigenvalue weighted by Crippen LogP contribution is -2.35. The van der Waals surface area contributed by atoms with Gasteiger partial charge in [0, 0.05) is 38.8 Å². The number of aromatic nitrogens is 4. The molecule has 0 bridgehead atoms. The summed E-state index contributed by atoms with van der Waals surface area (Å²) in [6.45, 7) is 2.60. The summed E-state index contributed by atoms with van der Waals surface area (Å²) in [6.07, 6.45) is 7.96. The topological polar surface area (TPSA) is 94.7 Å². The number of aryl methyl sites for hydroxylation is 1. The van der Waals surface area contributed by atoms with Crippen molar-refractivity contribution in [2.75, 3.05) is 30.3 Å². The third-order valence-corrected chi connectivity index (χ3v) is 4.50. The van der Waals surface area contributed by atoms with E-state index in [0.29, 0.717) is 29.3 Å². The molecule has 0 radical (unpaired) electrons. The van der Waals surface area contributed by atoms with Gasteiger partial charge in [-0.25, -0.2) is 4.98 Å². The Morgan fingerprint density at radius 2 is 2.32 bits per heavy atom. The highest BCUT2D eigenvalue weighted by Crippen LogP contribution is 2.23. The molecule has 9 heteroatoms.